The number of carbonyl (C=O) groups is 6. The summed E-state index contributed by atoms with van der Waals surface area (Å²) in [5, 5.41) is 15.6. The number of likely N-dealkylation sites (tertiary alicyclic amines) is 1. The number of ether oxygens (including phenoxy) is 2. The van der Waals surface area contributed by atoms with Crippen LogP contribution >= 0.6 is 0 Å². The number of benzene rings is 1. The van der Waals surface area contributed by atoms with E-state index in [4.69, 9.17) is 9.47 Å². The predicted molar refractivity (Wildman–Crippen MR) is 180 cm³/mol. The maximum absolute atomic E-state index is 13.7. The van der Waals surface area contributed by atoms with Crippen molar-refractivity contribution in [1.29, 1.82) is 0 Å². The summed E-state index contributed by atoms with van der Waals surface area (Å²) < 4.78 is 11.1. The van der Waals surface area contributed by atoms with Crippen molar-refractivity contribution in [2.75, 3.05) is 45.9 Å². The average Bonchev–Trinajstić information content (AvgIpc) is 3.58. The fourth-order valence-corrected chi connectivity index (χ4v) is 6.44. The molecule has 5 rings (SSSR count). The maximum atomic E-state index is 13.7. The molecule has 270 valence electrons. The van der Waals surface area contributed by atoms with Crippen molar-refractivity contribution >= 4 is 46.6 Å². The van der Waals surface area contributed by atoms with Crippen LogP contribution in [0, 0.1) is 6.92 Å². The Morgan fingerprint density at radius 3 is 2.40 bits per heavy atom. The Balaban J connectivity index is 1.30. The van der Waals surface area contributed by atoms with Gasteiger partial charge in [0.1, 0.15) is 23.5 Å². The summed E-state index contributed by atoms with van der Waals surface area (Å²) in [6, 6.07) is 5.42. The van der Waals surface area contributed by atoms with E-state index in [-0.39, 0.29) is 88.0 Å². The van der Waals surface area contributed by atoms with Crippen molar-refractivity contribution in [3.05, 3.63) is 35.5 Å². The Morgan fingerprint density at radius 1 is 0.980 bits per heavy atom. The monoisotopic (exact) mass is 694 g/mol. The smallest absolute Gasteiger partial charge is 0.409 e. The van der Waals surface area contributed by atoms with Gasteiger partial charge in [-0.3, -0.25) is 24.0 Å². The van der Waals surface area contributed by atoms with E-state index in [2.05, 4.69) is 15.6 Å². The second kappa shape index (κ2) is 16.6. The summed E-state index contributed by atoms with van der Waals surface area (Å²) in [6.07, 6.45) is 3.85. The molecule has 1 aromatic heterocycles. The molecule has 2 atom stereocenters. The molecule has 0 bridgehead atoms. The van der Waals surface area contributed by atoms with Crippen molar-refractivity contribution in [3.63, 3.8) is 0 Å². The van der Waals surface area contributed by atoms with Gasteiger partial charge >= 0.3 is 12.1 Å². The molecule has 1 aliphatic carbocycles. The number of nitrogens with one attached hydrogen (secondary N) is 2. The number of carbonyl (C=O) groups excluding carboxylic acids is 5. The zero-order chi connectivity index (χ0) is 35.8. The van der Waals surface area contributed by atoms with Crippen LogP contribution in [0.25, 0.3) is 10.9 Å². The van der Waals surface area contributed by atoms with Crippen molar-refractivity contribution in [3.8, 4) is 5.75 Å². The predicted octanol–water partition coefficient (Wildman–Crippen LogP) is 2.24. The number of carboxylic acids is 1. The minimum atomic E-state index is -1.05. The van der Waals surface area contributed by atoms with Gasteiger partial charge in [-0.25, -0.2) is 9.78 Å². The van der Waals surface area contributed by atoms with E-state index in [0.29, 0.717) is 30.3 Å². The highest BCUT2D eigenvalue weighted by Crippen LogP contribution is 2.28. The Bertz CT molecular complexity index is 1600. The van der Waals surface area contributed by atoms with Crippen LogP contribution in [-0.2, 0) is 23.9 Å². The average molecular weight is 695 g/mol. The lowest BCUT2D eigenvalue weighted by molar-refractivity contribution is -0.140. The number of pyridine rings is 1. The topological polar surface area (TPSA) is 188 Å². The van der Waals surface area contributed by atoms with Crippen molar-refractivity contribution in [1.82, 2.24) is 30.3 Å². The molecule has 15 heteroatoms. The molecule has 15 nitrogen and oxygen atoms in total. The van der Waals surface area contributed by atoms with E-state index in [1.807, 2.05) is 13.0 Å². The molecule has 0 spiro atoms. The Labute approximate surface area is 290 Å². The molecule has 0 radical (unpaired) electrons. The number of aryl methyl sites for hydroxylation is 1. The lowest BCUT2D eigenvalue weighted by Crippen LogP contribution is -2.56. The van der Waals surface area contributed by atoms with Crippen molar-refractivity contribution in [2.45, 2.75) is 83.3 Å². The normalized spacial score (nSPS) is 18.3. The number of aliphatic carboxylic acids is 1. The molecule has 0 unspecified atom stereocenters. The third-order valence-electron chi connectivity index (χ3n) is 9.44. The number of aromatic nitrogens is 1. The second-order valence-electron chi connectivity index (χ2n) is 13.0. The Kier molecular flexibility index (Phi) is 12.1. The van der Waals surface area contributed by atoms with Crippen LogP contribution in [0.3, 0.4) is 0 Å². The maximum Gasteiger partial charge on any atom is 0.409 e. The molecule has 3 N–H and O–H groups in total. The number of piperazine rings is 1. The van der Waals surface area contributed by atoms with Gasteiger partial charge < -0.3 is 39.9 Å². The Hall–Kier alpha value is -4.95. The molecular weight excluding hydrogens is 648 g/mol. The number of nitrogens with zero attached hydrogens (tertiary/aromatic N) is 4. The first-order chi connectivity index (χ1) is 24.0. The van der Waals surface area contributed by atoms with Gasteiger partial charge in [0.05, 0.1) is 12.1 Å². The van der Waals surface area contributed by atoms with Gasteiger partial charge in [-0.05, 0) is 76.5 Å². The van der Waals surface area contributed by atoms with Crippen LogP contribution in [0.15, 0.2) is 24.3 Å². The molecule has 3 heterocycles. The van der Waals surface area contributed by atoms with Crippen LogP contribution in [0.5, 0.6) is 5.75 Å². The molecule has 3 fully saturated rings. The zero-order valence-corrected chi connectivity index (χ0v) is 28.7. The molecule has 5 amide bonds. The molecule has 50 heavy (non-hydrogen) atoms. The summed E-state index contributed by atoms with van der Waals surface area (Å²) in [5.74, 6) is -2.33. The lowest BCUT2D eigenvalue weighted by atomic mass is 9.93. The highest BCUT2D eigenvalue weighted by atomic mass is 16.6. The van der Waals surface area contributed by atoms with Crippen LogP contribution < -0.4 is 15.4 Å². The molecule has 2 saturated heterocycles. The summed E-state index contributed by atoms with van der Waals surface area (Å²) in [7, 11) is 0. The molecule has 3 aliphatic rings. The van der Waals surface area contributed by atoms with Gasteiger partial charge in [0.2, 0.25) is 11.8 Å². The number of hydrogen-bond donors (Lipinski definition) is 3. The van der Waals surface area contributed by atoms with E-state index in [1.165, 1.54) is 15.9 Å². The number of rotatable bonds is 13. The van der Waals surface area contributed by atoms with Gasteiger partial charge in [-0.1, -0.05) is 6.07 Å². The zero-order valence-electron chi connectivity index (χ0n) is 28.7. The third-order valence-corrected chi connectivity index (χ3v) is 9.44. The molecule has 1 aromatic carbocycles. The molecule has 2 aromatic rings. The number of fused-ring (bicyclic) bond motifs is 1. The lowest BCUT2D eigenvalue weighted by Gasteiger charge is -2.36. The van der Waals surface area contributed by atoms with Crippen LogP contribution in [0.1, 0.15) is 74.3 Å². The summed E-state index contributed by atoms with van der Waals surface area (Å²) in [5.41, 5.74) is 1.28. The first kappa shape index (κ1) is 36.3. The highest BCUT2D eigenvalue weighted by molar-refractivity contribution is 5.99. The molecular formula is C35H46N6O9. The minimum Gasteiger partial charge on any atom is -0.483 e. The van der Waals surface area contributed by atoms with Gasteiger partial charge in [0.15, 0.2) is 6.61 Å². The largest absolute Gasteiger partial charge is 0.483 e. The first-order valence-electron chi connectivity index (χ1n) is 17.4. The summed E-state index contributed by atoms with van der Waals surface area (Å²) >= 11 is 0. The first-order valence-corrected chi connectivity index (χ1v) is 17.4. The van der Waals surface area contributed by atoms with Crippen molar-refractivity contribution in [2.24, 2.45) is 0 Å². The van der Waals surface area contributed by atoms with E-state index in [0.717, 1.165) is 24.8 Å². The molecule has 1 saturated carbocycles. The van der Waals surface area contributed by atoms with Gasteiger partial charge in [-0.15, -0.1) is 0 Å². The van der Waals surface area contributed by atoms with Gasteiger partial charge in [0, 0.05) is 56.6 Å². The fraction of sp³-hybridized carbons (Fsp3) is 0.571. The number of amides is 5. The van der Waals surface area contributed by atoms with Gasteiger partial charge in [-0.2, -0.15) is 0 Å². The number of hydrogen-bond acceptors (Lipinski definition) is 9. The van der Waals surface area contributed by atoms with Crippen LogP contribution in [0.2, 0.25) is 0 Å². The minimum absolute atomic E-state index is 0.0485. The fourth-order valence-electron chi connectivity index (χ4n) is 6.44. The summed E-state index contributed by atoms with van der Waals surface area (Å²) in [4.78, 5) is 86.1. The SMILES string of the molecule is CCOC(=O)N1CCN(C(=O)[C@H](CCCC(=O)O)NC(=O)c2cc(OCC(=O)N3CCC[C@H]3C(=O)NC3CCC3)c3ccc(C)cc3n2)CC1. The number of carboxylic acid groups (broad SMARTS) is 1. The van der Waals surface area contributed by atoms with Crippen molar-refractivity contribution < 1.29 is 43.3 Å². The Morgan fingerprint density at radius 2 is 1.72 bits per heavy atom. The molecule has 2 aliphatic heterocycles. The van der Waals surface area contributed by atoms with Crippen LogP contribution in [-0.4, -0.2) is 125 Å². The third kappa shape index (κ3) is 8.98. The summed E-state index contributed by atoms with van der Waals surface area (Å²) in [6.45, 7) is 4.89. The van der Waals surface area contributed by atoms with Crippen LogP contribution in [0.4, 0.5) is 4.79 Å². The van der Waals surface area contributed by atoms with E-state index in [9.17, 15) is 33.9 Å². The second-order valence-corrected chi connectivity index (χ2v) is 13.0. The standard InChI is InChI=1S/C35H46N6O9/c1-3-49-35(48)40-17-15-39(16-18-40)34(47)25(9-5-11-31(43)44)38-32(45)27-20-29(24-13-12-22(2)19-26(24)37-27)50-21-30(42)41-14-6-10-28(41)33(46)36-23-7-4-8-23/h12-13,19-20,23,25,28H,3-11,14-18,21H2,1-2H3,(H,36,46)(H,38,45)(H,43,44)/t25-,28-/m0/s1. The quantitative estimate of drug-likeness (QED) is 0.281. The van der Waals surface area contributed by atoms with E-state index in [1.54, 1.807) is 24.0 Å². The van der Waals surface area contributed by atoms with Gasteiger partial charge in [0.25, 0.3) is 11.8 Å². The highest BCUT2D eigenvalue weighted by Gasteiger charge is 2.36. The van der Waals surface area contributed by atoms with E-state index >= 15 is 0 Å². The van der Waals surface area contributed by atoms with E-state index < -0.39 is 36.0 Å².